The Bertz CT molecular complexity index is 1270. The highest BCUT2D eigenvalue weighted by atomic mass is 79.9. The van der Waals surface area contributed by atoms with Gasteiger partial charge in [0.15, 0.2) is 11.5 Å². The van der Waals surface area contributed by atoms with Crippen molar-refractivity contribution in [2.45, 2.75) is 26.7 Å². The van der Waals surface area contributed by atoms with Crippen molar-refractivity contribution < 1.29 is 33.8 Å². The topological polar surface area (TPSA) is 122 Å². The molecule has 9 nitrogen and oxygen atoms in total. The maximum absolute atomic E-state index is 12.9. The van der Waals surface area contributed by atoms with Gasteiger partial charge in [0, 0.05) is 10.2 Å². The third kappa shape index (κ3) is 7.27. The number of hydrogen-bond acceptors (Lipinski definition) is 8. The van der Waals surface area contributed by atoms with Crippen molar-refractivity contribution in [3.8, 4) is 11.5 Å². The van der Waals surface area contributed by atoms with E-state index >= 15 is 0 Å². The first-order chi connectivity index (χ1) is 17.6. The quantitative estimate of drug-likeness (QED) is 0.195. The van der Waals surface area contributed by atoms with Gasteiger partial charge in [0.1, 0.15) is 6.54 Å². The molecule has 0 saturated carbocycles. The van der Waals surface area contributed by atoms with E-state index in [0.717, 1.165) is 11.3 Å². The Morgan fingerprint density at radius 1 is 1.22 bits per heavy atom. The maximum atomic E-state index is 12.9. The SMILES string of the molecule is CCCCOC(=O)c1cc(NC(=O)CN2C(=O)S/C(=C\c3cc(OCC)c(O)cc3Br)C2=O)ccc1Cl. The Balaban J connectivity index is 1.70. The molecule has 0 aromatic heterocycles. The molecule has 1 fully saturated rings. The predicted molar refractivity (Wildman–Crippen MR) is 145 cm³/mol. The molecule has 0 radical (unpaired) electrons. The average Bonchev–Trinajstić information content (AvgIpc) is 3.10. The molecule has 196 valence electrons. The molecule has 0 unspecified atom stereocenters. The van der Waals surface area contributed by atoms with E-state index in [2.05, 4.69) is 21.2 Å². The maximum Gasteiger partial charge on any atom is 0.339 e. The number of nitrogens with zero attached hydrogens (tertiary/aromatic N) is 1. The van der Waals surface area contributed by atoms with Gasteiger partial charge in [0.2, 0.25) is 5.91 Å². The van der Waals surface area contributed by atoms with E-state index in [4.69, 9.17) is 21.1 Å². The number of ether oxygens (including phenoxy) is 2. The van der Waals surface area contributed by atoms with Crippen LogP contribution in [0.1, 0.15) is 42.6 Å². The molecular weight excluding hydrogens is 588 g/mol. The minimum atomic E-state index is -0.639. The molecule has 2 aromatic carbocycles. The number of esters is 1. The summed E-state index contributed by atoms with van der Waals surface area (Å²) in [7, 11) is 0. The fourth-order valence-electron chi connectivity index (χ4n) is 3.21. The smallest absolute Gasteiger partial charge is 0.339 e. The highest BCUT2D eigenvalue weighted by molar-refractivity contribution is 9.10. The summed E-state index contributed by atoms with van der Waals surface area (Å²) >= 11 is 10.1. The van der Waals surface area contributed by atoms with Crippen molar-refractivity contribution in [2.24, 2.45) is 0 Å². The van der Waals surface area contributed by atoms with Crippen LogP contribution < -0.4 is 10.1 Å². The van der Waals surface area contributed by atoms with Crippen LogP contribution in [-0.4, -0.2) is 52.8 Å². The summed E-state index contributed by atoms with van der Waals surface area (Å²) in [6, 6.07) is 7.28. The number of phenolic OH excluding ortho intramolecular Hbond substituents is 1. The molecule has 2 N–H and O–H groups in total. The Morgan fingerprint density at radius 3 is 2.68 bits per heavy atom. The van der Waals surface area contributed by atoms with Crippen LogP contribution in [0.2, 0.25) is 5.02 Å². The van der Waals surface area contributed by atoms with Gasteiger partial charge in [0.05, 0.1) is 28.7 Å². The highest BCUT2D eigenvalue weighted by Gasteiger charge is 2.36. The second kappa shape index (κ2) is 13.0. The number of carbonyl (C=O) groups excluding carboxylic acids is 4. The van der Waals surface area contributed by atoms with Crippen LogP contribution in [0.15, 0.2) is 39.7 Å². The molecular formula is C25H24BrClN2O7S. The number of unbranched alkanes of at least 4 members (excludes halogenated alkanes) is 1. The Hall–Kier alpha value is -3.02. The van der Waals surface area contributed by atoms with E-state index in [-0.39, 0.29) is 39.3 Å². The van der Waals surface area contributed by atoms with Gasteiger partial charge < -0.3 is 19.9 Å². The highest BCUT2D eigenvalue weighted by Crippen LogP contribution is 2.37. The summed E-state index contributed by atoms with van der Waals surface area (Å²) in [6.45, 7) is 3.79. The van der Waals surface area contributed by atoms with Crippen molar-refractivity contribution in [3.05, 3.63) is 55.9 Å². The number of phenols is 1. The third-order valence-electron chi connectivity index (χ3n) is 5.04. The summed E-state index contributed by atoms with van der Waals surface area (Å²) in [4.78, 5) is 51.2. The van der Waals surface area contributed by atoms with Gasteiger partial charge in [-0.05, 0) is 67.1 Å². The molecule has 2 aromatic rings. The van der Waals surface area contributed by atoms with Crippen molar-refractivity contribution in [1.82, 2.24) is 4.90 Å². The second-order valence-electron chi connectivity index (χ2n) is 7.77. The van der Waals surface area contributed by atoms with Gasteiger partial charge >= 0.3 is 5.97 Å². The number of anilines is 1. The summed E-state index contributed by atoms with van der Waals surface area (Å²) < 4.78 is 11.0. The number of carbonyl (C=O) groups is 4. The van der Waals surface area contributed by atoms with Crippen molar-refractivity contribution in [3.63, 3.8) is 0 Å². The van der Waals surface area contributed by atoms with E-state index in [1.54, 1.807) is 6.92 Å². The third-order valence-corrected chi connectivity index (χ3v) is 6.96. The van der Waals surface area contributed by atoms with Gasteiger partial charge in [-0.15, -0.1) is 0 Å². The number of benzene rings is 2. The molecule has 0 atom stereocenters. The van der Waals surface area contributed by atoms with Crippen LogP contribution >= 0.6 is 39.3 Å². The van der Waals surface area contributed by atoms with Gasteiger partial charge in [-0.25, -0.2) is 4.79 Å². The first-order valence-corrected chi connectivity index (χ1v) is 13.3. The minimum Gasteiger partial charge on any atom is -0.504 e. The zero-order chi connectivity index (χ0) is 27.1. The molecule has 1 saturated heterocycles. The minimum absolute atomic E-state index is 0.0739. The molecule has 12 heteroatoms. The number of thioether (sulfide) groups is 1. The molecule has 1 heterocycles. The van der Waals surface area contributed by atoms with E-state index in [1.807, 2.05) is 6.92 Å². The first kappa shape index (κ1) is 28.5. The standard InChI is InChI=1S/C25H24BrClN2O7S/c1-3-5-8-36-24(33)16-11-15(6-7-18(16)27)28-22(31)13-29-23(32)21(37-25(29)34)10-14-9-20(35-4-2)19(30)12-17(14)26/h6-7,9-12,30H,3-5,8,13H2,1-2H3,(H,28,31)/b21-10-. The van der Waals surface area contributed by atoms with Crippen LogP contribution in [0, 0.1) is 0 Å². The lowest BCUT2D eigenvalue weighted by Crippen LogP contribution is -2.36. The van der Waals surface area contributed by atoms with Gasteiger partial charge in [-0.1, -0.05) is 40.9 Å². The zero-order valence-corrected chi connectivity index (χ0v) is 23.2. The van der Waals surface area contributed by atoms with Crippen LogP contribution in [-0.2, 0) is 14.3 Å². The fourth-order valence-corrected chi connectivity index (χ4v) is 4.68. The normalized spacial score (nSPS) is 14.3. The fraction of sp³-hybridized carbons (Fsp3) is 0.280. The molecule has 0 aliphatic carbocycles. The van der Waals surface area contributed by atoms with Crippen LogP contribution in [0.3, 0.4) is 0 Å². The van der Waals surface area contributed by atoms with E-state index in [0.29, 0.717) is 34.8 Å². The number of nitrogens with one attached hydrogen (secondary N) is 1. The Kier molecular flexibility index (Phi) is 10.0. The van der Waals surface area contributed by atoms with E-state index in [1.165, 1.54) is 36.4 Å². The summed E-state index contributed by atoms with van der Waals surface area (Å²) in [5.41, 5.74) is 0.863. The molecule has 37 heavy (non-hydrogen) atoms. The van der Waals surface area contributed by atoms with Crippen molar-refractivity contribution >= 4 is 74.1 Å². The first-order valence-electron chi connectivity index (χ1n) is 11.3. The van der Waals surface area contributed by atoms with Gasteiger partial charge in [-0.3, -0.25) is 19.3 Å². The number of amides is 3. The molecule has 0 spiro atoms. The number of halogens is 2. The molecule has 1 aliphatic heterocycles. The van der Waals surface area contributed by atoms with E-state index in [9.17, 15) is 24.3 Å². The lowest BCUT2D eigenvalue weighted by Gasteiger charge is -2.13. The average molecular weight is 612 g/mol. The van der Waals surface area contributed by atoms with Crippen LogP contribution in [0.4, 0.5) is 10.5 Å². The van der Waals surface area contributed by atoms with Gasteiger partial charge in [-0.2, -0.15) is 0 Å². The number of aromatic hydroxyl groups is 1. The zero-order valence-electron chi connectivity index (χ0n) is 20.0. The lowest BCUT2D eigenvalue weighted by atomic mass is 10.2. The van der Waals surface area contributed by atoms with Crippen LogP contribution in [0.5, 0.6) is 11.5 Å². The number of imide groups is 1. The summed E-state index contributed by atoms with van der Waals surface area (Å²) in [5, 5.41) is 12.1. The largest absolute Gasteiger partial charge is 0.504 e. The summed E-state index contributed by atoms with van der Waals surface area (Å²) in [6.07, 6.45) is 3.05. The van der Waals surface area contributed by atoms with Crippen molar-refractivity contribution in [1.29, 1.82) is 0 Å². The predicted octanol–water partition coefficient (Wildman–Crippen LogP) is 5.84. The molecule has 0 bridgehead atoms. The monoisotopic (exact) mass is 610 g/mol. The molecule has 3 rings (SSSR count). The second-order valence-corrected chi connectivity index (χ2v) is 10.0. The van der Waals surface area contributed by atoms with Crippen LogP contribution in [0.25, 0.3) is 6.08 Å². The van der Waals surface area contributed by atoms with Crippen molar-refractivity contribution in [2.75, 3.05) is 25.1 Å². The number of rotatable bonds is 10. The Labute approximate surface area is 231 Å². The number of hydrogen-bond donors (Lipinski definition) is 2. The Morgan fingerprint density at radius 2 is 1.97 bits per heavy atom. The summed E-state index contributed by atoms with van der Waals surface area (Å²) in [5.74, 6) is -1.74. The lowest BCUT2D eigenvalue weighted by molar-refractivity contribution is -0.127. The van der Waals surface area contributed by atoms with Gasteiger partial charge in [0.25, 0.3) is 11.1 Å². The van der Waals surface area contributed by atoms with E-state index < -0.39 is 29.6 Å². The molecule has 3 amide bonds. The molecule has 1 aliphatic rings.